The molecular weight excluding hydrogens is 258 g/mol. The van der Waals surface area contributed by atoms with E-state index in [-0.39, 0.29) is 0 Å². The molecule has 1 aliphatic heterocycles. The molecule has 0 bridgehead atoms. The first-order valence-electron chi connectivity index (χ1n) is 8.16. The molecule has 3 nitrogen and oxygen atoms in total. The predicted molar refractivity (Wildman–Crippen MR) is 88.5 cm³/mol. The topological polar surface area (TPSA) is 42.1 Å². The van der Waals surface area contributed by atoms with Gasteiger partial charge in [0, 0.05) is 18.5 Å². The number of pyridine rings is 1. The molecule has 2 N–H and O–H groups in total. The molecule has 1 spiro atoms. The third kappa shape index (κ3) is 2.15. The third-order valence-corrected chi connectivity index (χ3v) is 5.58. The Kier molecular flexibility index (Phi) is 3.02. The number of benzene rings is 1. The molecule has 21 heavy (non-hydrogen) atoms. The molecule has 1 aromatic carbocycles. The Morgan fingerprint density at radius 2 is 1.71 bits per heavy atom. The summed E-state index contributed by atoms with van der Waals surface area (Å²) in [7, 11) is 0. The Bertz CT molecular complexity index is 649. The van der Waals surface area contributed by atoms with Crippen molar-refractivity contribution in [1.82, 2.24) is 4.98 Å². The smallest absolute Gasteiger partial charge is 0.0745 e. The van der Waals surface area contributed by atoms with Crippen LogP contribution in [0, 0.1) is 5.41 Å². The summed E-state index contributed by atoms with van der Waals surface area (Å²) in [6, 6.07) is 8.34. The first kappa shape index (κ1) is 12.9. The number of nitrogens with zero attached hydrogens (tertiary/aromatic N) is 2. The number of hydrogen-bond acceptors (Lipinski definition) is 3. The maximum Gasteiger partial charge on any atom is 0.0745 e. The molecule has 1 saturated carbocycles. The van der Waals surface area contributed by atoms with Crippen molar-refractivity contribution in [3.63, 3.8) is 0 Å². The van der Waals surface area contributed by atoms with Crippen LogP contribution in [0.1, 0.15) is 38.5 Å². The molecule has 4 rings (SSSR count). The fourth-order valence-corrected chi connectivity index (χ4v) is 4.32. The van der Waals surface area contributed by atoms with Crippen molar-refractivity contribution in [3.8, 4) is 0 Å². The molecule has 3 heteroatoms. The first-order chi connectivity index (χ1) is 10.3. The van der Waals surface area contributed by atoms with E-state index in [0.717, 1.165) is 24.3 Å². The van der Waals surface area contributed by atoms with Crippen LogP contribution in [0.15, 0.2) is 30.5 Å². The minimum Gasteiger partial charge on any atom is -0.396 e. The highest BCUT2D eigenvalue weighted by molar-refractivity contribution is 5.97. The summed E-state index contributed by atoms with van der Waals surface area (Å²) < 4.78 is 0. The quantitative estimate of drug-likeness (QED) is 0.859. The second kappa shape index (κ2) is 4.90. The normalized spacial score (nSPS) is 21.2. The van der Waals surface area contributed by atoms with E-state index in [2.05, 4.69) is 28.1 Å². The summed E-state index contributed by atoms with van der Waals surface area (Å²) in [4.78, 5) is 6.94. The molecule has 1 aromatic heterocycles. The lowest BCUT2D eigenvalue weighted by Crippen LogP contribution is -2.39. The Morgan fingerprint density at radius 3 is 2.48 bits per heavy atom. The molecule has 2 heterocycles. The van der Waals surface area contributed by atoms with Gasteiger partial charge in [-0.2, -0.15) is 0 Å². The monoisotopic (exact) mass is 281 g/mol. The summed E-state index contributed by atoms with van der Waals surface area (Å²) in [6.07, 6.45) is 10.2. The summed E-state index contributed by atoms with van der Waals surface area (Å²) in [5.41, 5.74) is 9.97. The lowest BCUT2D eigenvalue weighted by atomic mass is 9.77. The summed E-state index contributed by atoms with van der Waals surface area (Å²) in [5, 5.41) is 1.19. The van der Waals surface area contributed by atoms with Crippen molar-refractivity contribution in [3.05, 3.63) is 30.5 Å². The maximum absolute atomic E-state index is 6.26. The zero-order valence-electron chi connectivity index (χ0n) is 12.5. The van der Waals surface area contributed by atoms with E-state index in [1.54, 1.807) is 0 Å². The van der Waals surface area contributed by atoms with Gasteiger partial charge < -0.3 is 10.6 Å². The number of nitrogen functional groups attached to an aromatic ring is 1. The van der Waals surface area contributed by atoms with Gasteiger partial charge in [0.15, 0.2) is 0 Å². The number of nitrogens with two attached hydrogens (primary N) is 1. The minimum absolute atomic E-state index is 0.647. The van der Waals surface area contributed by atoms with Gasteiger partial charge in [0.1, 0.15) is 0 Å². The van der Waals surface area contributed by atoms with E-state index in [4.69, 9.17) is 5.73 Å². The van der Waals surface area contributed by atoms with Gasteiger partial charge in [-0.1, -0.05) is 31.0 Å². The summed E-state index contributed by atoms with van der Waals surface area (Å²) in [6.45, 7) is 2.27. The highest BCUT2D eigenvalue weighted by Gasteiger charge is 2.37. The average Bonchev–Trinajstić information content (AvgIpc) is 2.97. The van der Waals surface area contributed by atoms with E-state index >= 15 is 0 Å². The van der Waals surface area contributed by atoms with Crippen molar-refractivity contribution in [1.29, 1.82) is 0 Å². The summed E-state index contributed by atoms with van der Waals surface area (Å²) >= 11 is 0. The molecule has 2 aromatic rings. The van der Waals surface area contributed by atoms with Gasteiger partial charge in [0.05, 0.1) is 23.1 Å². The molecule has 0 amide bonds. The van der Waals surface area contributed by atoms with Crippen LogP contribution in [0.5, 0.6) is 0 Å². The number of anilines is 2. The third-order valence-electron chi connectivity index (χ3n) is 5.58. The van der Waals surface area contributed by atoms with Crippen LogP contribution in [0.4, 0.5) is 11.4 Å². The van der Waals surface area contributed by atoms with Crippen LogP contribution in [-0.4, -0.2) is 18.1 Å². The summed E-state index contributed by atoms with van der Waals surface area (Å²) in [5.74, 6) is 0. The molecule has 0 radical (unpaired) electrons. The molecule has 0 atom stereocenters. The average molecular weight is 281 g/mol. The van der Waals surface area contributed by atoms with Crippen LogP contribution in [0.3, 0.4) is 0 Å². The Balaban J connectivity index is 1.67. The predicted octanol–water partition coefficient (Wildman–Crippen LogP) is 3.98. The molecule has 2 aliphatic rings. The van der Waals surface area contributed by atoms with E-state index in [9.17, 15) is 0 Å². The molecule has 1 aliphatic carbocycles. The van der Waals surface area contributed by atoms with Gasteiger partial charge in [-0.3, -0.25) is 4.98 Å². The van der Waals surface area contributed by atoms with Crippen molar-refractivity contribution < 1.29 is 0 Å². The minimum atomic E-state index is 0.647. The van der Waals surface area contributed by atoms with E-state index in [1.165, 1.54) is 49.6 Å². The number of fused-ring (bicyclic) bond motifs is 1. The Morgan fingerprint density at radius 1 is 1.00 bits per heavy atom. The lowest BCUT2D eigenvalue weighted by Gasteiger charge is -2.41. The van der Waals surface area contributed by atoms with Crippen LogP contribution in [0.25, 0.3) is 10.9 Å². The Hall–Kier alpha value is -1.77. The SMILES string of the molecule is Nc1cnc2ccccc2c1N1CCC2(CCCC2)CC1. The van der Waals surface area contributed by atoms with Crippen molar-refractivity contribution in [2.24, 2.45) is 5.41 Å². The zero-order chi connectivity index (χ0) is 14.3. The highest BCUT2D eigenvalue weighted by atomic mass is 15.1. The maximum atomic E-state index is 6.26. The fourth-order valence-electron chi connectivity index (χ4n) is 4.32. The molecule has 0 unspecified atom stereocenters. The molecule has 2 fully saturated rings. The molecular formula is C18H23N3. The first-order valence-corrected chi connectivity index (χ1v) is 8.16. The van der Waals surface area contributed by atoms with Gasteiger partial charge in [-0.05, 0) is 37.2 Å². The number of hydrogen-bond donors (Lipinski definition) is 1. The van der Waals surface area contributed by atoms with Crippen LogP contribution in [0.2, 0.25) is 0 Å². The van der Waals surface area contributed by atoms with Gasteiger partial charge in [-0.15, -0.1) is 0 Å². The largest absolute Gasteiger partial charge is 0.396 e. The molecule has 110 valence electrons. The van der Waals surface area contributed by atoms with Gasteiger partial charge in [-0.25, -0.2) is 0 Å². The second-order valence-electron chi connectivity index (χ2n) is 6.77. The fraction of sp³-hybridized carbons (Fsp3) is 0.500. The number of piperidine rings is 1. The number of para-hydroxylation sites is 1. The number of aromatic nitrogens is 1. The van der Waals surface area contributed by atoms with Gasteiger partial charge >= 0.3 is 0 Å². The number of rotatable bonds is 1. The second-order valence-corrected chi connectivity index (χ2v) is 6.77. The van der Waals surface area contributed by atoms with E-state index in [0.29, 0.717) is 5.41 Å². The van der Waals surface area contributed by atoms with Gasteiger partial charge in [0.2, 0.25) is 0 Å². The van der Waals surface area contributed by atoms with Crippen molar-refractivity contribution in [2.75, 3.05) is 23.7 Å². The van der Waals surface area contributed by atoms with Gasteiger partial charge in [0.25, 0.3) is 0 Å². The Labute approximate surface area is 126 Å². The van der Waals surface area contributed by atoms with Crippen molar-refractivity contribution in [2.45, 2.75) is 38.5 Å². The standard InChI is InChI=1S/C18H23N3/c19-15-13-20-16-6-2-1-5-14(16)17(15)21-11-9-18(10-12-21)7-3-4-8-18/h1-2,5-6,13H,3-4,7-12,19H2. The lowest BCUT2D eigenvalue weighted by molar-refractivity contribution is 0.227. The van der Waals surface area contributed by atoms with Crippen LogP contribution >= 0.6 is 0 Å². The van der Waals surface area contributed by atoms with Crippen LogP contribution < -0.4 is 10.6 Å². The van der Waals surface area contributed by atoms with Crippen molar-refractivity contribution >= 4 is 22.3 Å². The zero-order valence-corrected chi connectivity index (χ0v) is 12.5. The van der Waals surface area contributed by atoms with E-state index in [1.807, 2.05) is 12.3 Å². The van der Waals surface area contributed by atoms with Crippen LogP contribution in [-0.2, 0) is 0 Å². The molecule has 1 saturated heterocycles. The van der Waals surface area contributed by atoms with E-state index < -0.39 is 0 Å². The highest BCUT2D eigenvalue weighted by Crippen LogP contribution is 2.47.